The summed E-state index contributed by atoms with van der Waals surface area (Å²) < 4.78 is 5.12. The Morgan fingerprint density at radius 3 is 2.33 bits per heavy atom. The molecule has 0 aliphatic carbocycles. The van der Waals surface area contributed by atoms with Crippen molar-refractivity contribution >= 4 is 53.1 Å². The average molecular weight is 544 g/mol. The minimum Gasteiger partial charge on any atom is -0.497 e. The molecule has 7 nitrogen and oxygen atoms in total. The van der Waals surface area contributed by atoms with Crippen LogP contribution in [-0.2, 0) is 11.3 Å². The number of carbonyl (C=O) groups excluding carboxylic acids is 1. The lowest BCUT2D eigenvalue weighted by Crippen LogP contribution is -2.51. The number of hydrogen-bond acceptors (Lipinski definition) is 4. The Morgan fingerprint density at radius 1 is 1.10 bits per heavy atom. The van der Waals surface area contributed by atoms with E-state index in [0.717, 1.165) is 48.2 Å². The van der Waals surface area contributed by atoms with E-state index in [4.69, 9.17) is 22.1 Å². The molecule has 1 aliphatic heterocycles. The molecule has 0 radical (unpaired) electrons. The summed E-state index contributed by atoms with van der Waals surface area (Å²) in [5.74, 6) is 1.03. The van der Waals surface area contributed by atoms with Gasteiger partial charge in [0, 0.05) is 43.4 Å². The molecule has 162 valence electrons. The summed E-state index contributed by atoms with van der Waals surface area (Å²) in [6, 6.07) is 15.4. The molecule has 0 bridgehead atoms. The average Bonchev–Trinajstić information content (AvgIpc) is 2.77. The summed E-state index contributed by atoms with van der Waals surface area (Å²) >= 11 is 5.95. The van der Waals surface area contributed by atoms with Crippen LogP contribution in [0.3, 0.4) is 0 Å². The van der Waals surface area contributed by atoms with Crippen molar-refractivity contribution < 1.29 is 9.53 Å². The molecule has 3 N–H and O–H groups in total. The molecule has 1 saturated heterocycles. The highest BCUT2D eigenvalue weighted by Gasteiger charge is 2.18. The first-order valence-corrected chi connectivity index (χ1v) is 9.88. The van der Waals surface area contributed by atoms with Gasteiger partial charge in [0.1, 0.15) is 12.3 Å². The Labute approximate surface area is 199 Å². The van der Waals surface area contributed by atoms with Crippen molar-refractivity contribution in [2.45, 2.75) is 6.54 Å². The van der Waals surface area contributed by atoms with Crippen LogP contribution in [0.25, 0.3) is 0 Å². The van der Waals surface area contributed by atoms with Crippen LogP contribution in [0.15, 0.2) is 53.5 Å². The highest BCUT2D eigenvalue weighted by atomic mass is 127. The molecule has 1 fully saturated rings. The quantitative estimate of drug-likeness (QED) is 0.333. The molecule has 0 atom stereocenters. The van der Waals surface area contributed by atoms with Crippen LogP contribution >= 0.6 is 35.6 Å². The van der Waals surface area contributed by atoms with Crippen molar-refractivity contribution in [2.24, 2.45) is 10.7 Å². The lowest BCUT2D eigenvalue weighted by atomic mass is 10.2. The Morgan fingerprint density at radius 2 is 1.73 bits per heavy atom. The van der Waals surface area contributed by atoms with Crippen molar-refractivity contribution in [1.82, 2.24) is 10.2 Å². The fourth-order valence-corrected chi connectivity index (χ4v) is 3.22. The highest BCUT2D eigenvalue weighted by Crippen LogP contribution is 2.19. The molecule has 2 aromatic carbocycles. The SMILES string of the molecule is COc1ccc(CNC(=O)CN=C(N)N2CCN(c3ccc(Cl)cc3)CC2)cc1.I. The molecular weight excluding hydrogens is 517 g/mol. The van der Waals surface area contributed by atoms with Gasteiger partial charge in [-0.15, -0.1) is 24.0 Å². The minimum atomic E-state index is -0.163. The third-order valence-corrected chi connectivity index (χ3v) is 5.08. The van der Waals surface area contributed by atoms with Gasteiger partial charge in [0.15, 0.2) is 5.96 Å². The van der Waals surface area contributed by atoms with E-state index >= 15 is 0 Å². The fourth-order valence-electron chi connectivity index (χ4n) is 3.10. The van der Waals surface area contributed by atoms with Crippen molar-refractivity contribution in [3.8, 4) is 5.75 Å². The van der Waals surface area contributed by atoms with Crippen LogP contribution in [0.5, 0.6) is 5.75 Å². The summed E-state index contributed by atoms with van der Waals surface area (Å²) in [4.78, 5) is 20.6. The summed E-state index contributed by atoms with van der Waals surface area (Å²) in [5.41, 5.74) is 8.22. The van der Waals surface area contributed by atoms with E-state index in [1.54, 1.807) is 7.11 Å². The number of nitrogens with two attached hydrogens (primary N) is 1. The van der Waals surface area contributed by atoms with Crippen LogP contribution in [-0.4, -0.2) is 56.6 Å². The molecule has 1 aliphatic rings. The van der Waals surface area contributed by atoms with Gasteiger partial charge in [-0.25, -0.2) is 4.99 Å². The van der Waals surface area contributed by atoms with Gasteiger partial charge in [0.05, 0.1) is 7.11 Å². The van der Waals surface area contributed by atoms with Crippen LogP contribution < -0.4 is 20.7 Å². The smallest absolute Gasteiger partial charge is 0.242 e. The number of guanidine groups is 1. The van der Waals surface area contributed by atoms with Gasteiger partial charge < -0.3 is 25.6 Å². The van der Waals surface area contributed by atoms with Gasteiger partial charge in [0.2, 0.25) is 5.91 Å². The zero-order valence-corrected chi connectivity index (χ0v) is 20.0. The van der Waals surface area contributed by atoms with Gasteiger partial charge in [-0.2, -0.15) is 0 Å². The second kappa shape index (κ2) is 11.8. The maximum Gasteiger partial charge on any atom is 0.242 e. The van der Waals surface area contributed by atoms with E-state index in [0.29, 0.717) is 12.5 Å². The molecule has 0 saturated carbocycles. The van der Waals surface area contributed by atoms with Crippen LogP contribution in [0.1, 0.15) is 5.56 Å². The van der Waals surface area contributed by atoms with Gasteiger partial charge in [-0.05, 0) is 42.0 Å². The number of ether oxygens (including phenoxy) is 1. The number of methoxy groups -OCH3 is 1. The molecule has 0 unspecified atom stereocenters. The van der Waals surface area contributed by atoms with Gasteiger partial charge in [-0.3, -0.25) is 4.79 Å². The zero-order valence-electron chi connectivity index (χ0n) is 16.9. The Kier molecular flexibility index (Phi) is 9.51. The molecule has 9 heteroatoms. The highest BCUT2D eigenvalue weighted by molar-refractivity contribution is 14.0. The molecule has 0 spiro atoms. The van der Waals surface area contributed by atoms with E-state index in [1.807, 2.05) is 53.4 Å². The van der Waals surface area contributed by atoms with E-state index in [1.165, 1.54) is 0 Å². The van der Waals surface area contributed by atoms with E-state index < -0.39 is 0 Å². The lowest BCUT2D eigenvalue weighted by Gasteiger charge is -2.36. The topological polar surface area (TPSA) is 83.2 Å². The van der Waals surface area contributed by atoms with Gasteiger partial charge >= 0.3 is 0 Å². The number of benzene rings is 2. The number of aliphatic imine (C=N–C) groups is 1. The van der Waals surface area contributed by atoms with E-state index in [-0.39, 0.29) is 36.4 Å². The number of nitrogens with zero attached hydrogens (tertiary/aromatic N) is 3. The van der Waals surface area contributed by atoms with Crippen LogP contribution in [0.4, 0.5) is 5.69 Å². The minimum absolute atomic E-state index is 0. The summed E-state index contributed by atoms with van der Waals surface area (Å²) in [5, 5.41) is 3.58. The fraction of sp³-hybridized carbons (Fsp3) is 0.333. The predicted octanol–water partition coefficient (Wildman–Crippen LogP) is 2.72. The van der Waals surface area contributed by atoms with Crippen molar-refractivity contribution in [1.29, 1.82) is 0 Å². The first kappa shape index (κ1) is 24.1. The summed E-state index contributed by atoms with van der Waals surface area (Å²) in [7, 11) is 1.62. The second-order valence-corrected chi connectivity index (χ2v) is 7.19. The number of hydrogen-bond donors (Lipinski definition) is 2. The monoisotopic (exact) mass is 543 g/mol. The number of carbonyl (C=O) groups is 1. The lowest BCUT2D eigenvalue weighted by molar-refractivity contribution is -0.119. The molecule has 30 heavy (non-hydrogen) atoms. The maximum absolute atomic E-state index is 12.1. The maximum atomic E-state index is 12.1. The third kappa shape index (κ3) is 6.94. The molecule has 3 rings (SSSR count). The second-order valence-electron chi connectivity index (χ2n) is 6.75. The number of anilines is 1. The zero-order chi connectivity index (χ0) is 20.6. The standard InChI is InChI=1S/C21H26ClN5O2.HI/c1-29-19-8-2-16(3-9-19)14-24-20(28)15-25-21(23)27-12-10-26(11-13-27)18-6-4-17(22)5-7-18;/h2-9H,10-15H2,1H3,(H2,23,25)(H,24,28);1H. The number of rotatable bonds is 6. The largest absolute Gasteiger partial charge is 0.497 e. The van der Waals surface area contributed by atoms with E-state index in [2.05, 4.69) is 15.2 Å². The van der Waals surface area contributed by atoms with Crippen molar-refractivity contribution in [3.63, 3.8) is 0 Å². The summed E-state index contributed by atoms with van der Waals surface area (Å²) in [6.45, 7) is 3.64. The Hall–Kier alpha value is -2.20. The van der Waals surface area contributed by atoms with Crippen LogP contribution in [0, 0.1) is 0 Å². The molecule has 0 aromatic heterocycles. The van der Waals surface area contributed by atoms with Crippen LogP contribution in [0.2, 0.25) is 5.02 Å². The normalized spacial score (nSPS) is 14.1. The third-order valence-electron chi connectivity index (χ3n) is 4.83. The van der Waals surface area contributed by atoms with Gasteiger partial charge in [0.25, 0.3) is 0 Å². The Bertz CT molecular complexity index is 837. The van der Waals surface area contributed by atoms with Gasteiger partial charge in [-0.1, -0.05) is 23.7 Å². The molecule has 2 aromatic rings. The number of halogens is 2. The summed E-state index contributed by atoms with van der Waals surface area (Å²) in [6.07, 6.45) is 0. The first-order chi connectivity index (χ1) is 14.0. The predicted molar refractivity (Wildman–Crippen MR) is 132 cm³/mol. The first-order valence-electron chi connectivity index (χ1n) is 9.50. The van der Waals surface area contributed by atoms with Crippen molar-refractivity contribution in [2.75, 3.05) is 44.7 Å². The van der Waals surface area contributed by atoms with Crippen molar-refractivity contribution in [3.05, 3.63) is 59.1 Å². The van der Waals surface area contributed by atoms with E-state index in [9.17, 15) is 4.79 Å². The number of nitrogens with one attached hydrogen (secondary N) is 1. The number of amides is 1. The number of piperazine rings is 1. The molecular formula is C21H27ClIN5O2. The molecule has 1 amide bonds. The Balaban J connectivity index is 0.00000320. The molecule has 1 heterocycles.